The van der Waals surface area contributed by atoms with Crippen LogP contribution in [0, 0.1) is 0 Å². The van der Waals surface area contributed by atoms with Crippen molar-refractivity contribution >= 4 is 5.57 Å². The van der Waals surface area contributed by atoms with E-state index in [-0.39, 0.29) is 6.04 Å². The van der Waals surface area contributed by atoms with Gasteiger partial charge in [0, 0.05) is 6.04 Å². The van der Waals surface area contributed by atoms with Gasteiger partial charge in [-0.2, -0.15) is 0 Å². The minimum absolute atomic E-state index is 0.199. The molecule has 1 aromatic carbocycles. The molecule has 1 aromatic rings. The summed E-state index contributed by atoms with van der Waals surface area (Å²) in [6.45, 7) is 2.14. The summed E-state index contributed by atoms with van der Waals surface area (Å²) in [5, 5.41) is 0. The molecule has 1 aliphatic rings. The highest BCUT2D eigenvalue weighted by Gasteiger charge is 2.14. The second-order valence-corrected chi connectivity index (χ2v) is 3.32. The van der Waals surface area contributed by atoms with Crippen molar-refractivity contribution in [1.82, 2.24) is 0 Å². The summed E-state index contributed by atoms with van der Waals surface area (Å²) in [7, 11) is 0. The highest BCUT2D eigenvalue weighted by atomic mass is 14.6. The fourth-order valence-electron chi connectivity index (χ4n) is 1.72. The number of allylic oxidation sites excluding steroid dienone is 1. The molecule has 1 nitrogen and oxygen atoms in total. The Balaban J connectivity index is 2.58. The molecule has 62 valence electrons. The molecule has 0 saturated heterocycles. The minimum atomic E-state index is 0.199. The van der Waals surface area contributed by atoms with E-state index in [0.29, 0.717) is 0 Å². The molecule has 0 radical (unpaired) electrons. The van der Waals surface area contributed by atoms with Crippen molar-refractivity contribution in [2.24, 2.45) is 5.73 Å². The van der Waals surface area contributed by atoms with Crippen molar-refractivity contribution in [2.45, 2.75) is 19.4 Å². The van der Waals surface area contributed by atoms with Crippen LogP contribution in [0.2, 0.25) is 0 Å². The number of fused-ring (bicyclic) bond motifs is 1. The first-order chi connectivity index (χ1) is 5.79. The van der Waals surface area contributed by atoms with Gasteiger partial charge in [-0.15, -0.1) is 0 Å². The third kappa shape index (κ3) is 1.07. The minimum Gasteiger partial charge on any atom is -0.324 e. The van der Waals surface area contributed by atoms with Crippen LogP contribution < -0.4 is 5.73 Å². The second-order valence-electron chi connectivity index (χ2n) is 3.32. The van der Waals surface area contributed by atoms with E-state index in [1.807, 2.05) is 0 Å². The topological polar surface area (TPSA) is 26.0 Å². The van der Waals surface area contributed by atoms with Gasteiger partial charge in [0.1, 0.15) is 0 Å². The smallest absolute Gasteiger partial charge is 0.0336 e. The molecule has 1 unspecified atom stereocenters. The molecule has 0 bridgehead atoms. The van der Waals surface area contributed by atoms with Crippen molar-refractivity contribution < 1.29 is 0 Å². The summed E-state index contributed by atoms with van der Waals surface area (Å²) in [6.07, 6.45) is 3.19. The molecule has 0 aliphatic heterocycles. The van der Waals surface area contributed by atoms with Gasteiger partial charge in [0.25, 0.3) is 0 Å². The van der Waals surface area contributed by atoms with Crippen molar-refractivity contribution in [2.75, 3.05) is 0 Å². The molecule has 1 aliphatic carbocycles. The Kier molecular flexibility index (Phi) is 1.74. The van der Waals surface area contributed by atoms with Gasteiger partial charge >= 0.3 is 0 Å². The lowest BCUT2D eigenvalue weighted by Gasteiger charge is -2.20. The molecule has 0 amide bonds. The van der Waals surface area contributed by atoms with Crippen LogP contribution in [0.25, 0.3) is 5.57 Å². The van der Waals surface area contributed by atoms with E-state index in [1.54, 1.807) is 0 Å². The lowest BCUT2D eigenvalue weighted by atomic mass is 9.89. The zero-order valence-electron chi connectivity index (χ0n) is 7.25. The predicted octanol–water partition coefficient (Wildman–Crippen LogP) is 2.49. The number of benzene rings is 1. The quantitative estimate of drug-likeness (QED) is 0.618. The Labute approximate surface area is 72.9 Å². The van der Waals surface area contributed by atoms with Crippen LogP contribution in [-0.4, -0.2) is 0 Å². The van der Waals surface area contributed by atoms with Crippen molar-refractivity contribution in [3.05, 3.63) is 41.5 Å². The first kappa shape index (κ1) is 7.56. The maximum atomic E-state index is 5.96. The van der Waals surface area contributed by atoms with Gasteiger partial charge < -0.3 is 5.73 Å². The fourth-order valence-corrected chi connectivity index (χ4v) is 1.72. The Hall–Kier alpha value is -1.08. The average Bonchev–Trinajstić information content (AvgIpc) is 2.12. The van der Waals surface area contributed by atoms with Gasteiger partial charge in [-0.1, -0.05) is 30.3 Å². The van der Waals surface area contributed by atoms with Gasteiger partial charge in [-0.25, -0.2) is 0 Å². The SMILES string of the molecule is CC1=CCC(N)c2ccccc21. The Morgan fingerprint density at radius 2 is 2.08 bits per heavy atom. The van der Waals surface area contributed by atoms with Gasteiger partial charge in [0.2, 0.25) is 0 Å². The zero-order valence-corrected chi connectivity index (χ0v) is 7.25. The van der Waals surface area contributed by atoms with Gasteiger partial charge in [-0.05, 0) is 30.0 Å². The molecular weight excluding hydrogens is 146 g/mol. The maximum absolute atomic E-state index is 5.96. The van der Waals surface area contributed by atoms with Crippen LogP contribution in [0.3, 0.4) is 0 Å². The Morgan fingerprint density at radius 3 is 2.83 bits per heavy atom. The highest BCUT2D eigenvalue weighted by molar-refractivity contribution is 5.69. The van der Waals surface area contributed by atoms with Crippen LogP contribution in [0.1, 0.15) is 30.5 Å². The van der Waals surface area contributed by atoms with Crippen LogP contribution >= 0.6 is 0 Å². The van der Waals surface area contributed by atoms with E-state index in [1.165, 1.54) is 16.7 Å². The molecule has 0 spiro atoms. The zero-order chi connectivity index (χ0) is 8.55. The Bertz CT molecular complexity index is 326. The van der Waals surface area contributed by atoms with E-state index in [9.17, 15) is 0 Å². The lowest BCUT2D eigenvalue weighted by molar-refractivity contribution is 0.729. The molecular formula is C11H13N. The largest absolute Gasteiger partial charge is 0.324 e. The fraction of sp³-hybridized carbons (Fsp3) is 0.273. The first-order valence-electron chi connectivity index (χ1n) is 4.30. The molecule has 2 rings (SSSR count). The van der Waals surface area contributed by atoms with Gasteiger partial charge in [0.05, 0.1) is 0 Å². The van der Waals surface area contributed by atoms with E-state index >= 15 is 0 Å². The maximum Gasteiger partial charge on any atom is 0.0336 e. The molecule has 0 fully saturated rings. The van der Waals surface area contributed by atoms with E-state index in [4.69, 9.17) is 5.73 Å². The number of rotatable bonds is 0. The molecule has 0 heterocycles. The van der Waals surface area contributed by atoms with Crippen molar-refractivity contribution in [3.63, 3.8) is 0 Å². The molecule has 1 heteroatoms. The molecule has 0 aromatic heterocycles. The summed E-state index contributed by atoms with van der Waals surface area (Å²) in [4.78, 5) is 0. The lowest BCUT2D eigenvalue weighted by Crippen LogP contribution is -2.14. The first-order valence-corrected chi connectivity index (χ1v) is 4.30. The number of nitrogens with two attached hydrogens (primary N) is 1. The van der Waals surface area contributed by atoms with Crippen LogP contribution in [0.5, 0.6) is 0 Å². The van der Waals surface area contributed by atoms with E-state index in [2.05, 4.69) is 37.3 Å². The average molecular weight is 159 g/mol. The van der Waals surface area contributed by atoms with Crippen LogP contribution in [0.15, 0.2) is 30.3 Å². The molecule has 2 N–H and O–H groups in total. The second kappa shape index (κ2) is 2.76. The third-order valence-corrected chi connectivity index (χ3v) is 2.46. The van der Waals surface area contributed by atoms with Crippen LogP contribution in [-0.2, 0) is 0 Å². The summed E-state index contributed by atoms with van der Waals surface area (Å²) in [6, 6.07) is 8.58. The van der Waals surface area contributed by atoms with Crippen LogP contribution in [0.4, 0.5) is 0 Å². The predicted molar refractivity (Wildman–Crippen MR) is 51.6 cm³/mol. The third-order valence-electron chi connectivity index (χ3n) is 2.46. The molecule has 1 atom stereocenters. The number of hydrogen-bond acceptors (Lipinski definition) is 1. The van der Waals surface area contributed by atoms with E-state index < -0.39 is 0 Å². The molecule has 0 saturated carbocycles. The van der Waals surface area contributed by atoms with Crippen molar-refractivity contribution in [3.8, 4) is 0 Å². The standard InChI is InChI=1S/C11H13N/c1-8-6-7-11(12)10-5-3-2-4-9(8)10/h2-6,11H,7,12H2,1H3. The summed E-state index contributed by atoms with van der Waals surface area (Å²) < 4.78 is 0. The summed E-state index contributed by atoms with van der Waals surface area (Å²) in [5.74, 6) is 0. The number of hydrogen-bond donors (Lipinski definition) is 1. The van der Waals surface area contributed by atoms with Crippen molar-refractivity contribution in [1.29, 1.82) is 0 Å². The monoisotopic (exact) mass is 159 g/mol. The van der Waals surface area contributed by atoms with E-state index in [0.717, 1.165) is 6.42 Å². The normalized spacial score (nSPS) is 21.5. The Morgan fingerprint density at radius 1 is 1.33 bits per heavy atom. The van der Waals surface area contributed by atoms with Gasteiger partial charge in [0.15, 0.2) is 0 Å². The summed E-state index contributed by atoms with van der Waals surface area (Å²) in [5.41, 5.74) is 9.92. The van der Waals surface area contributed by atoms with Gasteiger partial charge in [-0.3, -0.25) is 0 Å². The molecule has 12 heavy (non-hydrogen) atoms. The summed E-state index contributed by atoms with van der Waals surface area (Å²) >= 11 is 0. The highest BCUT2D eigenvalue weighted by Crippen LogP contribution is 2.30.